The molecule has 0 spiro atoms. The van der Waals surface area contributed by atoms with E-state index in [1.54, 1.807) is 0 Å². The summed E-state index contributed by atoms with van der Waals surface area (Å²) in [7, 11) is 0. The normalized spacial score (nSPS) is 20.5. The monoisotopic (exact) mass is 593 g/mol. The van der Waals surface area contributed by atoms with Crippen molar-refractivity contribution in [3.05, 3.63) is 94.5 Å². The van der Waals surface area contributed by atoms with Crippen LogP contribution in [0.5, 0.6) is 11.5 Å². The maximum atomic E-state index is 6.77. The van der Waals surface area contributed by atoms with Gasteiger partial charge in [0.25, 0.3) is 6.71 Å². The second kappa shape index (κ2) is 8.66. The zero-order valence-electron chi connectivity index (χ0n) is 29.2. The van der Waals surface area contributed by atoms with Gasteiger partial charge in [-0.05, 0) is 121 Å². The average Bonchev–Trinajstić information content (AvgIpc) is 3.25. The van der Waals surface area contributed by atoms with Gasteiger partial charge in [0.2, 0.25) is 0 Å². The van der Waals surface area contributed by atoms with Gasteiger partial charge in [0.05, 0.1) is 0 Å². The van der Waals surface area contributed by atoms with Crippen molar-refractivity contribution in [3.8, 4) is 11.5 Å². The van der Waals surface area contributed by atoms with Crippen molar-refractivity contribution in [1.82, 2.24) is 0 Å². The molecular weight excluding hydrogens is 545 g/mol. The molecule has 2 heterocycles. The van der Waals surface area contributed by atoms with Crippen LogP contribution in [0.25, 0.3) is 0 Å². The van der Waals surface area contributed by atoms with Crippen LogP contribution in [0.15, 0.2) is 66.7 Å². The number of ether oxygens (including phenoxy) is 1. The van der Waals surface area contributed by atoms with Gasteiger partial charge in [-0.3, -0.25) is 0 Å². The maximum absolute atomic E-state index is 6.77. The van der Waals surface area contributed by atoms with E-state index in [2.05, 4.69) is 148 Å². The standard InChI is InChI=1S/C42H48BNO/c1-38(2,3)25-15-18-35-32(19-25)43-31-21-29-30(42(10,11)24-41(29,8)9)22-34(31)44(33-13-12-14-36(45-35)37(33)43)26-16-17-27-28(20-26)40(6,7)23-39(27,4)5/h12-22H,23-24H2,1-11H3. The van der Waals surface area contributed by atoms with Crippen molar-refractivity contribution in [1.29, 1.82) is 0 Å². The van der Waals surface area contributed by atoms with E-state index in [0.29, 0.717) is 0 Å². The number of hydrogen-bond acceptors (Lipinski definition) is 2. The molecule has 4 aromatic carbocycles. The Bertz CT molecular complexity index is 1940. The van der Waals surface area contributed by atoms with Gasteiger partial charge >= 0.3 is 0 Å². The first-order valence-corrected chi connectivity index (χ1v) is 17.0. The fourth-order valence-corrected chi connectivity index (χ4v) is 10.0. The van der Waals surface area contributed by atoms with E-state index >= 15 is 0 Å². The molecule has 0 bridgehead atoms. The molecular formula is C42H48BNO. The topological polar surface area (TPSA) is 12.5 Å². The number of nitrogens with zero attached hydrogens (tertiary/aromatic N) is 1. The minimum absolute atomic E-state index is 0.0489. The van der Waals surface area contributed by atoms with Crippen LogP contribution in [0.2, 0.25) is 0 Å². The number of benzene rings is 4. The van der Waals surface area contributed by atoms with E-state index in [1.165, 1.54) is 61.3 Å². The molecule has 45 heavy (non-hydrogen) atoms. The van der Waals surface area contributed by atoms with Gasteiger partial charge in [-0.25, -0.2) is 0 Å². The van der Waals surface area contributed by atoms with Crippen LogP contribution in [0.3, 0.4) is 0 Å². The smallest absolute Gasteiger partial charge is 0.256 e. The van der Waals surface area contributed by atoms with Gasteiger partial charge < -0.3 is 9.64 Å². The van der Waals surface area contributed by atoms with Crippen molar-refractivity contribution >= 4 is 40.2 Å². The summed E-state index contributed by atoms with van der Waals surface area (Å²) < 4.78 is 6.77. The van der Waals surface area contributed by atoms with Gasteiger partial charge in [0.1, 0.15) is 11.5 Å². The molecule has 0 amide bonds. The highest BCUT2D eigenvalue weighted by atomic mass is 16.5. The maximum Gasteiger partial charge on any atom is 0.256 e. The highest BCUT2D eigenvalue weighted by Crippen LogP contribution is 2.54. The molecule has 2 aliphatic heterocycles. The average molecular weight is 594 g/mol. The summed E-state index contributed by atoms with van der Waals surface area (Å²) in [6, 6.07) is 26.0. The second-order valence-electron chi connectivity index (χ2n) is 18.1. The molecule has 4 aromatic rings. The Labute approximate surface area is 271 Å². The lowest BCUT2D eigenvalue weighted by Gasteiger charge is -2.41. The molecule has 0 fully saturated rings. The minimum atomic E-state index is 0.0489. The van der Waals surface area contributed by atoms with Crippen molar-refractivity contribution in [2.75, 3.05) is 4.90 Å². The number of rotatable bonds is 1. The molecule has 2 aliphatic carbocycles. The highest BCUT2D eigenvalue weighted by molar-refractivity contribution is 6.99. The third-order valence-electron chi connectivity index (χ3n) is 11.6. The molecule has 2 nitrogen and oxygen atoms in total. The van der Waals surface area contributed by atoms with Crippen LogP contribution in [-0.4, -0.2) is 6.71 Å². The van der Waals surface area contributed by atoms with E-state index < -0.39 is 0 Å². The lowest BCUT2D eigenvalue weighted by Crippen LogP contribution is -2.60. The third-order valence-corrected chi connectivity index (χ3v) is 11.6. The largest absolute Gasteiger partial charge is 0.458 e. The summed E-state index contributed by atoms with van der Waals surface area (Å²) in [4.78, 5) is 2.57. The van der Waals surface area contributed by atoms with E-state index in [1.807, 2.05) is 0 Å². The molecule has 0 saturated carbocycles. The molecule has 4 aliphatic rings. The Hall–Kier alpha value is -3.46. The van der Waals surface area contributed by atoms with Crippen LogP contribution in [0.1, 0.15) is 117 Å². The van der Waals surface area contributed by atoms with E-state index in [-0.39, 0.29) is 33.8 Å². The second-order valence-corrected chi connectivity index (χ2v) is 18.1. The van der Waals surface area contributed by atoms with Crippen LogP contribution in [-0.2, 0) is 27.1 Å². The number of fused-ring (bicyclic) bond motifs is 6. The van der Waals surface area contributed by atoms with Crippen molar-refractivity contribution in [3.63, 3.8) is 0 Å². The van der Waals surface area contributed by atoms with E-state index in [9.17, 15) is 0 Å². The Morgan fingerprint density at radius 2 is 1.22 bits per heavy atom. The Morgan fingerprint density at radius 3 is 1.89 bits per heavy atom. The fraction of sp³-hybridized carbons (Fsp3) is 0.429. The van der Waals surface area contributed by atoms with Crippen molar-refractivity contribution in [2.24, 2.45) is 0 Å². The van der Waals surface area contributed by atoms with Crippen molar-refractivity contribution < 1.29 is 4.74 Å². The number of anilines is 3. The van der Waals surface area contributed by atoms with Crippen LogP contribution in [0, 0.1) is 0 Å². The Balaban J connectivity index is 1.44. The molecule has 3 heteroatoms. The summed E-state index contributed by atoms with van der Waals surface area (Å²) >= 11 is 0. The highest BCUT2D eigenvalue weighted by Gasteiger charge is 2.48. The zero-order valence-corrected chi connectivity index (χ0v) is 29.2. The number of hydrogen-bond donors (Lipinski definition) is 0. The molecule has 0 atom stereocenters. The third kappa shape index (κ3) is 4.01. The Kier molecular flexibility index (Phi) is 5.58. The lowest BCUT2D eigenvalue weighted by molar-refractivity contribution is 0.403. The fourth-order valence-electron chi connectivity index (χ4n) is 10.0. The van der Waals surface area contributed by atoms with Crippen LogP contribution >= 0.6 is 0 Å². The first-order chi connectivity index (χ1) is 20.9. The van der Waals surface area contributed by atoms with Crippen molar-refractivity contribution in [2.45, 2.75) is 116 Å². The van der Waals surface area contributed by atoms with Gasteiger partial charge in [0.15, 0.2) is 0 Å². The summed E-state index contributed by atoms with van der Waals surface area (Å²) in [5.74, 6) is 1.96. The van der Waals surface area contributed by atoms with Gasteiger partial charge in [-0.15, -0.1) is 0 Å². The Morgan fingerprint density at radius 1 is 0.600 bits per heavy atom. The molecule has 0 radical (unpaired) electrons. The molecule has 230 valence electrons. The lowest BCUT2D eigenvalue weighted by atomic mass is 9.33. The first-order valence-electron chi connectivity index (χ1n) is 17.0. The SMILES string of the molecule is CC(C)(C)c1ccc2c(c1)B1c3cc4c(cc3N(c3ccc5c(c3)C(C)(C)CC5(C)C)c3cccc(c31)O2)C(C)(C)CC4(C)C. The minimum Gasteiger partial charge on any atom is -0.458 e. The molecule has 0 N–H and O–H groups in total. The summed E-state index contributed by atoms with van der Waals surface area (Å²) in [6.07, 6.45) is 2.31. The molecule has 0 saturated heterocycles. The van der Waals surface area contributed by atoms with Gasteiger partial charge in [0, 0.05) is 17.1 Å². The molecule has 0 unspecified atom stereocenters. The van der Waals surface area contributed by atoms with E-state index in [0.717, 1.165) is 24.3 Å². The predicted molar refractivity (Wildman–Crippen MR) is 192 cm³/mol. The quantitative estimate of drug-likeness (QED) is 0.176. The van der Waals surface area contributed by atoms with Crippen LogP contribution in [0.4, 0.5) is 17.1 Å². The van der Waals surface area contributed by atoms with Gasteiger partial charge in [-0.2, -0.15) is 0 Å². The molecule has 0 aromatic heterocycles. The summed E-state index contributed by atoms with van der Waals surface area (Å²) in [5.41, 5.74) is 15.7. The summed E-state index contributed by atoms with van der Waals surface area (Å²) in [5, 5.41) is 0. The summed E-state index contributed by atoms with van der Waals surface area (Å²) in [6.45, 7) is 26.4. The zero-order chi connectivity index (χ0) is 32.1. The van der Waals surface area contributed by atoms with Crippen LogP contribution < -0.4 is 26.0 Å². The predicted octanol–water partition coefficient (Wildman–Crippen LogP) is 9.31. The van der Waals surface area contributed by atoms with E-state index in [4.69, 9.17) is 4.74 Å². The first kappa shape index (κ1) is 29.0. The molecule has 8 rings (SSSR count). The van der Waals surface area contributed by atoms with Gasteiger partial charge in [-0.1, -0.05) is 106 Å².